The number of likely N-dealkylation sites (tertiary alicyclic amines) is 1. The van der Waals surface area contributed by atoms with Gasteiger partial charge in [0.1, 0.15) is 36.1 Å². The summed E-state index contributed by atoms with van der Waals surface area (Å²) >= 11 is 0. The van der Waals surface area contributed by atoms with Crippen LogP contribution in [0.4, 0.5) is 9.59 Å². The van der Waals surface area contributed by atoms with Crippen LogP contribution >= 0.6 is 0 Å². The quantitative estimate of drug-likeness (QED) is 0.116. The second-order valence-electron chi connectivity index (χ2n) is 18.2. The third-order valence-electron chi connectivity index (χ3n) is 14.4. The molecule has 4 fully saturated rings. The van der Waals surface area contributed by atoms with Gasteiger partial charge in [0, 0.05) is 36.2 Å². The molecule has 7 atom stereocenters. The van der Waals surface area contributed by atoms with Gasteiger partial charge in [0.2, 0.25) is 11.8 Å². The molecule has 5 aliphatic heterocycles. The molecular weight excluding hydrogens is 817 g/mol. The molecule has 16 nitrogen and oxygen atoms in total. The number of rotatable bonds is 9. The monoisotopic (exact) mass is 872 g/mol. The summed E-state index contributed by atoms with van der Waals surface area (Å²) in [7, 11) is 2.63. The first-order chi connectivity index (χ1) is 31.1. The highest BCUT2D eigenvalue weighted by atomic mass is 16.5. The Hall–Kier alpha value is -6.16. The van der Waals surface area contributed by atoms with E-state index in [-0.39, 0.29) is 47.8 Å². The van der Waals surface area contributed by atoms with Crippen LogP contribution in [0.3, 0.4) is 0 Å². The smallest absolute Gasteiger partial charge is 0.407 e. The number of H-pyrrole nitrogens is 2. The number of ether oxygens (including phenoxy) is 4. The number of methoxy groups -OCH3 is 2. The fourth-order valence-corrected chi connectivity index (χ4v) is 11.2. The third-order valence-corrected chi connectivity index (χ3v) is 14.4. The molecule has 0 bridgehead atoms. The lowest BCUT2D eigenvalue weighted by molar-refractivity contribution is -0.142. The molecule has 16 heteroatoms. The van der Waals surface area contributed by atoms with Gasteiger partial charge in [0.25, 0.3) is 0 Å². The molecule has 2 aromatic heterocycles. The molecule has 3 aromatic carbocycles. The highest BCUT2D eigenvalue weighted by Crippen LogP contribution is 2.45. The number of imidazole rings is 2. The number of piperidine rings is 1. The van der Waals surface area contributed by atoms with Crippen molar-refractivity contribution >= 4 is 45.8 Å². The van der Waals surface area contributed by atoms with Crippen LogP contribution in [0.25, 0.3) is 44.2 Å². The van der Waals surface area contributed by atoms with Gasteiger partial charge in [-0.25, -0.2) is 19.6 Å². The van der Waals surface area contributed by atoms with E-state index in [4.69, 9.17) is 28.9 Å². The molecule has 4 N–H and O–H groups in total. The molecule has 336 valence electrons. The molecule has 5 aromatic rings. The predicted molar refractivity (Wildman–Crippen MR) is 237 cm³/mol. The van der Waals surface area contributed by atoms with E-state index in [0.717, 1.165) is 112 Å². The zero-order valence-corrected chi connectivity index (χ0v) is 36.8. The summed E-state index contributed by atoms with van der Waals surface area (Å²) in [6.45, 7) is 5.62. The lowest BCUT2D eigenvalue weighted by atomic mass is 9.88. The topological polar surface area (TPSA) is 193 Å². The predicted octanol–water partition coefficient (Wildman–Crippen LogP) is 7.45. The maximum Gasteiger partial charge on any atom is 0.407 e. The number of amides is 4. The molecule has 0 radical (unpaired) electrons. The molecule has 4 amide bonds. The van der Waals surface area contributed by atoms with Crippen molar-refractivity contribution in [1.29, 1.82) is 0 Å². The average molecular weight is 873 g/mol. The standard InChI is InChI=1S/C48H56N8O8/c1-5-6-30-9-13-38(55(30)46(58)41(54-48(60)62-4)26-15-17-63-18-16-26)44-50-35-12-8-27-21-34-32-11-7-28(20-29(32)24-64-39(34)22-33(27)42(35)52-44)36-23-49-43(51-36)37-14-10-31-19-25(2)40(45(57)56(31)37)53-47(59)61-3/h7-8,11-12,20-23,25-26,30-31,37-38,40-41H,5-6,9-10,13-19,24H2,1-4H3,(H,49,51)(H,50,52)(H,53,59)(H,54,60)/t25?,30-,31+,37-,38-,40-,41-/m0/s1. The van der Waals surface area contributed by atoms with E-state index < -0.39 is 24.3 Å². The van der Waals surface area contributed by atoms with Crippen molar-refractivity contribution < 1.29 is 38.1 Å². The zero-order chi connectivity index (χ0) is 44.2. The number of nitrogens with one attached hydrogen (secondary N) is 4. The molecule has 1 unspecified atom stereocenters. The van der Waals surface area contributed by atoms with Gasteiger partial charge in [0.05, 0.1) is 49.2 Å². The Morgan fingerprint density at radius 3 is 2.53 bits per heavy atom. The number of carbonyl (C=O) groups is 4. The summed E-state index contributed by atoms with van der Waals surface area (Å²) < 4.78 is 21.9. The van der Waals surface area contributed by atoms with Gasteiger partial charge in [-0.3, -0.25) is 9.59 Å². The van der Waals surface area contributed by atoms with Crippen molar-refractivity contribution in [3.8, 4) is 28.1 Å². The fraction of sp³-hybridized carbons (Fsp3) is 0.500. The van der Waals surface area contributed by atoms with Crippen molar-refractivity contribution in [2.24, 2.45) is 11.8 Å². The molecule has 0 saturated carbocycles. The fourth-order valence-electron chi connectivity index (χ4n) is 11.2. The minimum absolute atomic E-state index is 0.00444. The molecule has 4 saturated heterocycles. The second-order valence-corrected chi connectivity index (χ2v) is 18.2. The first-order valence-corrected chi connectivity index (χ1v) is 22.8. The minimum atomic E-state index is -0.718. The van der Waals surface area contributed by atoms with Crippen LogP contribution in [0, 0.1) is 11.8 Å². The van der Waals surface area contributed by atoms with Gasteiger partial charge < -0.3 is 49.3 Å². The van der Waals surface area contributed by atoms with Crippen molar-refractivity contribution in [1.82, 2.24) is 40.4 Å². The lowest BCUT2D eigenvalue weighted by Gasteiger charge is -2.41. The first-order valence-electron chi connectivity index (χ1n) is 22.8. The Bertz CT molecular complexity index is 2620. The van der Waals surface area contributed by atoms with E-state index in [1.807, 2.05) is 22.9 Å². The summed E-state index contributed by atoms with van der Waals surface area (Å²) in [5, 5.41) is 7.62. The number of nitrogens with zero attached hydrogens (tertiary/aromatic N) is 4. The zero-order valence-electron chi connectivity index (χ0n) is 36.8. The number of carbonyl (C=O) groups excluding carboxylic acids is 4. The number of fused-ring (bicyclic) bond motifs is 7. The van der Waals surface area contributed by atoms with Crippen LogP contribution < -0.4 is 15.4 Å². The van der Waals surface area contributed by atoms with Crippen LogP contribution in [0.15, 0.2) is 48.7 Å². The van der Waals surface area contributed by atoms with E-state index in [0.29, 0.717) is 32.7 Å². The van der Waals surface area contributed by atoms with E-state index >= 15 is 0 Å². The summed E-state index contributed by atoms with van der Waals surface area (Å²) in [6.07, 6.45) is 7.86. The van der Waals surface area contributed by atoms with Crippen LogP contribution in [0.1, 0.15) is 101 Å². The summed E-state index contributed by atoms with van der Waals surface area (Å²) in [4.78, 5) is 74.0. The van der Waals surface area contributed by atoms with Crippen molar-refractivity contribution in [2.45, 2.75) is 114 Å². The van der Waals surface area contributed by atoms with E-state index in [1.54, 1.807) is 0 Å². The molecule has 10 rings (SSSR count). The van der Waals surface area contributed by atoms with Crippen LogP contribution in [-0.2, 0) is 30.4 Å². The number of hydrogen-bond donors (Lipinski definition) is 4. The first kappa shape index (κ1) is 41.8. The number of alkyl carbamates (subject to hydrolysis) is 2. The molecular formula is C48H56N8O8. The van der Waals surface area contributed by atoms with E-state index in [1.165, 1.54) is 14.2 Å². The highest BCUT2D eigenvalue weighted by Gasteiger charge is 2.48. The van der Waals surface area contributed by atoms with Gasteiger partial charge >= 0.3 is 12.2 Å². The number of benzene rings is 3. The minimum Gasteiger partial charge on any atom is -0.488 e. The van der Waals surface area contributed by atoms with Crippen LogP contribution in [-0.4, -0.2) is 105 Å². The van der Waals surface area contributed by atoms with Gasteiger partial charge in [-0.05, 0) is 110 Å². The normalized spacial score (nSPS) is 24.8. The second kappa shape index (κ2) is 17.1. The SMILES string of the molecule is CCC[C@H]1CC[C@@H](c2nc3c(ccc4cc5c(cc43)OCc3cc(-c4cnc([C@@H]6CC[C@@H]7CC(C)[C@H](NC(=O)OC)C(=O)N76)[nH]4)ccc3-5)[nH]2)N1C(=O)[C@@H](NC(=O)OC)C1CCOCC1. The van der Waals surface area contributed by atoms with Crippen molar-refractivity contribution in [3.05, 3.63) is 65.9 Å². The molecule has 7 heterocycles. The van der Waals surface area contributed by atoms with E-state index in [2.05, 4.69) is 70.0 Å². The Morgan fingerprint density at radius 1 is 0.922 bits per heavy atom. The molecule has 0 spiro atoms. The average Bonchev–Trinajstić information content (AvgIpc) is 4.15. The summed E-state index contributed by atoms with van der Waals surface area (Å²) in [5.74, 6) is 2.00. The third kappa shape index (κ3) is 7.38. The van der Waals surface area contributed by atoms with Gasteiger partial charge in [-0.1, -0.05) is 38.5 Å². The Labute approximate surface area is 371 Å². The van der Waals surface area contributed by atoms with Crippen molar-refractivity contribution in [2.75, 3.05) is 27.4 Å². The van der Waals surface area contributed by atoms with Crippen LogP contribution in [0.5, 0.6) is 5.75 Å². The maximum atomic E-state index is 14.6. The Morgan fingerprint density at radius 2 is 1.73 bits per heavy atom. The maximum absolute atomic E-state index is 14.6. The Balaban J connectivity index is 0.909. The van der Waals surface area contributed by atoms with Gasteiger partial charge in [-0.2, -0.15) is 0 Å². The largest absolute Gasteiger partial charge is 0.488 e. The number of aromatic amines is 2. The highest BCUT2D eigenvalue weighted by molar-refractivity contribution is 6.07. The summed E-state index contributed by atoms with van der Waals surface area (Å²) in [6, 6.07) is 13.1. The lowest BCUT2D eigenvalue weighted by Crippen LogP contribution is -2.58. The molecule has 0 aliphatic carbocycles. The molecule has 64 heavy (non-hydrogen) atoms. The molecule has 5 aliphatic rings. The van der Waals surface area contributed by atoms with E-state index in [9.17, 15) is 19.2 Å². The van der Waals surface area contributed by atoms with Gasteiger partial charge in [0.15, 0.2) is 0 Å². The Kier molecular flexibility index (Phi) is 11.2. The number of aromatic nitrogens is 4. The number of hydrogen-bond acceptors (Lipinski definition) is 10. The van der Waals surface area contributed by atoms with Gasteiger partial charge in [-0.15, -0.1) is 0 Å². The summed E-state index contributed by atoms with van der Waals surface area (Å²) in [5.41, 5.74) is 6.66. The van der Waals surface area contributed by atoms with Crippen LogP contribution in [0.2, 0.25) is 0 Å². The van der Waals surface area contributed by atoms with Crippen molar-refractivity contribution in [3.63, 3.8) is 0 Å².